The zero-order valence-electron chi connectivity index (χ0n) is 20.1. The number of fused-ring (bicyclic) bond motifs is 3. The summed E-state index contributed by atoms with van der Waals surface area (Å²) in [7, 11) is 1.33. The van der Waals surface area contributed by atoms with Gasteiger partial charge in [-0.25, -0.2) is 0 Å². The van der Waals surface area contributed by atoms with Crippen LogP contribution in [0.1, 0.15) is 68.8 Å². The number of benzene rings is 2. The smallest absolute Gasteiger partial charge is 0.202 e. The number of aliphatic hydroxyl groups excluding tert-OH is 2. The number of phenolic OH excluding ortho intramolecular Hbond substituents is 2. The standard InChI is InChI=1S/C26H26O11/c1-10(27)26(34)7-12-19(16(8-26)37-17-6-13(28)14(29)9-36-17)25(33)21-20(23(12)31)22(30)11-4-3-5-15(35-2)18(11)24(21)32/h3-5,13-14,16-17,28-29,31,33-34H,6-9H2,1-2H3. The number of hydrogen-bond acceptors (Lipinski definition) is 11. The van der Waals surface area contributed by atoms with Gasteiger partial charge in [-0.1, -0.05) is 12.1 Å². The van der Waals surface area contributed by atoms with E-state index in [1.54, 1.807) is 0 Å². The first-order valence-corrected chi connectivity index (χ1v) is 11.7. The molecule has 1 fully saturated rings. The van der Waals surface area contributed by atoms with Gasteiger partial charge in [0, 0.05) is 36.0 Å². The van der Waals surface area contributed by atoms with Crippen molar-refractivity contribution in [2.24, 2.45) is 0 Å². The van der Waals surface area contributed by atoms with Crippen LogP contribution < -0.4 is 4.74 Å². The molecule has 11 heteroatoms. The molecule has 5 unspecified atom stereocenters. The van der Waals surface area contributed by atoms with E-state index in [4.69, 9.17) is 14.2 Å². The van der Waals surface area contributed by atoms with Gasteiger partial charge in [-0.15, -0.1) is 0 Å². The van der Waals surface area contributed by atoms with Crippen LogP contribution in [0.3, 0.4) is 0 Å². The summed E-state index contributed by atoms with van der Waals surface area (Å²) in [5, 5.41) is 53.5. The third-order valence-corrected chi connectivity index (χ3v) is 7.38. The van der Waals surface area contributed by atoms with Gasteiger partial charge in [0.25, 0.3) is 0 Å². The van der Waals surface area contributed by atoms with Crippen molar-refractivity contribution in [1.29, 1.82) is 0 Å². The Bertz CT molecular complexity index is 1330. The highest BCUT2D eigenvalue weighted by Gasteiger charge is 2.49. The topological polar surface area (TPSA) is 180 Å². The highest BCUT2D eigenvalue weighted by molar-refractivity contribution is 6.31. The largest absolute Gasteiger partial charge is 0.507 e. The molecular formula is C26H26O11. The molecule has 11 nitrogen and oxygen atoms in total. The number of Topliss-reactive ketones (excluding diaryl/α,β-unsaturated/α-hetero) is 1. The van der Waals surface area contributed by atoms with Crippen LogP contribution in [-0.4, -0.2) is 80.7 Å². The van der Waals surface area contributed by atoms with Crippen LogP contribution in [0.15, 0.2) is 18.2 Å². The molecule has 2 aliphatic carbocycles. The zero-order valence-corrected chi connectivity index (χ0v) is 20.1. The van der Waals surface area contributed by atoms with Gasteiger partial charge in [0.1, 0.15) is 29.0 Å². The third kappa shape index (κ3) is 3.82. The van der Waals surface area contributed by atoms with Crippen molar-refractivity contribution < 1.29 is 54.1 Å². The molecule has 0 saturated carbocycles. The maximum Gasteiger partial charge on any atom is 0.202 e. The predicted octanol–water partition coefficient (Wildman–Crippen LogP) is 0.674. The Balaban J connectivity index is 1.69. The van der Waals surface area contributed by atoms with Crippen molar-refractivity contribution >= 4 is 17.3 Å². The minimum atomic E-state index is -2.02. The summed E-state index contributed by atoms with van der Waals surface area (Å²) < 4.78 is 16.6. The number of aliphatic hydroxyl groups is 3. The van der Waals surface area contributed by atoms with Gasteiger partial charge in [-0.3, -0.25) is 14.4 Å². The molecule has 5 rings (SSSR count). The molecule has 37 heavy (non-hydrogen) atoms. The summed E-state index contributed by atoms with van der Waals surface area (Å²) in [6.07, 6.45) is -5.61. The lowest BCUT2D eigenvalue weighted by Gasteiger charge is -2.40. The number of phenols is 2. The number of carbonyl (C=O) groups excluding carboxylic acids is 3. The van der Waals surface area contributed by atoms with Crippen LogP contribution in [0.4, 0.5) is 0 Å². The Morgan fingerprint density at radius 2 is 1.76 bits per heavy atom. The number of ether oxygens (including phenoxy) is 3. The zero-order chi connectivity index (χ0) is 26.8. The number of aromatic hydroxyl groups is 2. The lowest BCUT2D eigenvalue weighted by Crippen LogP contribution is -2.47. The second-order valence-electron chi connectivity index (χ2n) is 9.61. The highest BCUT2D eigenvalue weighted by atomic mass is 16.7. The number of carbonyl (C=O) groups is 3. The van der Waals surface area contributed by atoms with Crippen LogP contribution in [-0.2, 0) is 20.7 Å². The molecule has 0 radical (unpaired) electrons. The van der Waals surface area contributed by atoms with Gasteiger partial charge in [0.15, 0.2) is 17.9 Å². The van der Waals surface area contributed by atoms with Crippen molar-refractivity contribution in [3.05, 3.63) is 51.6 Å². The molecule has 1 heterocycles. The lowest BCUT2D eigenvalue weighted by atomic mass is 9.72. The third-order valence-electron chi connectivity index (χ3n) is 7.38. The molecule has 0 spiro atoms. The molecule has 5 N–H and O–H groups in total. The van der Waals surface area contributed by atoms with Crippen molar-refractivity contribution in [1.82, 2.24) is 0 Å². The maximum absolute atomic E-state index is 13.6. The summed E-state index contributed by atoms with van der Waals surface area (Å²) in [4.78, 5) is 39.4. The number of hydrogen-bond donors (Lipinski definition) is 5. The fourth-order valence-corrected chi connectivity index (χ4v) is 5.32. The van der Waals surface area contributed by atoms with Gasteiger partial charge in [0.05, 0.1) is 42.6 Å². The second kappa shape index (κ2) is 8.89. The first kappa shape index (κ1) is 25.3. The van der Waals surface area contributed by atoms with Gasteiger partial charge >= 0.3 is 0 Å². The van der Waals surface area contributed by atoms with Crippen molar-refractivity contribution in [3.63, 3.8) is 0 Å². The van der Waals surface area contributed by atoms with E-state index in [0.717, 1.165) is 6.92 Å². The second-order valence-corrected chi connectivity index (χ2v) is 9.61. The van der Waals surface area contributed by atoms with Crippen LogP contribution in [0, 0.1) is 0 Å². The molecule has 0 aromatic heterocycles. The number of methoxy groups -OCH3 is 1. The molecule has 1 aliphatic heterocycles. The fourth-order valence-electron chi connectivity index (χ4n) is 5.32. The minimum Gasteiger partial charge on any atom is -0.507 e. The average molecular weight is 514 g/mol. The molecular weight excluding hydrogens is 488 g/mol. The van der Waals surface area contributed by atoms with Gasteiger partial charge in [0.2, 0.25) is 5.78 Å². The van der Waals surface area contributed by atoms with E-state index in [9.17, 15) is 39.9 Å². The average Bonchev–Trinajstić information content (AvgIpc) is 2.86. The van der Waals surface area contributed by atoms with Crippen LogP contribution in [0.5, 0.6) is 17.2 Å². The van der Waals surface area contributed by atoms with E-state index in [-0.39, 0.29) is 47.5 Å². The molecule has 0 amide bonds. The van der Waals surface area contributed by atoms with Gasteiger partial charge in [-0.2, -0.15) is 0 Å². The molecule has 5 atom stereocenters. The van der Waals surface area contributed by atoms with Crippen LogP contribution >= 0.6 is 0 Å². The first-order chi connectivity index (χ1) is 17.5. The monoisotopic (exact) mass is 514 g/mol. The van der Waals surface area contributed by atoms with Crippen molar-refractivity contribution in [2.75, 3.05) is 13.7 Å². The predicted molar refractivity (Wildman–Crippen MR) is 124 cm³/mol. The molecule has 196 valence electrons. The summed E-state index contributed by atoms with van der Waals surface area (Å²) in [6, 6.07) is 4.40. The maximum atomic E-state index is 13.6. The molecule has 2 aromatic carbocycles. The summed E-state index contributed by atoms with van der Waals surface area (Å²) >= 11 is 0. The lowest BCUT2D eigenvalue weighted by molar-refractivity contribution is -0.241. The van der Waals surface area contributed by atoms with Gasteiger partial charge < -0.3 is 39.7 Å². The van der Waals surface area contributed by atoms with Crippen LogP contribution in [0.25, 0.3) is 0 Å². The number of ketones is 3. The Morgan fingerprint density at radius 1 is 1.05 bits per heavy atom. The quantitative estimate of drug-likeness (QED) is 0.309. The SMILES string of the molecule is COc1cccc2c1C(=O)c1c(O)c3c(c(O)c1C2=O)CC(O)(C(C)=O)CC3OC1CC(O)C(O)CO1. The van der Waals surface area contributed by atoms with Crippen molar-refractivity contribution in [2.45, 2.75) is 56.4 Å². The Labute approximate surface area is 210 Å². The number of rotatable bonds is 4. The highest BCUT2D eigenvalue weighted by Crippen LogP contribution is 2.52. The Kier molecular flexibility index (Phi) is 6.08. The van der Waals surface area contributed by atoms with Crippen molar-refractivity contribution in [3.8, 4) is 17.2 Å². The normalized spacial score (nSPS) is 28.8. The minimum absolute atomic E-state index is 0.0277. The van der Waals surface area contributed by atoms with Crippen LogP contribution in [0.2, 0.25) is 0 Å². The molecule has 3 aliphatic rings. The first-order valence-electron chi connectivity index (χ1n) is 11.7. The van der Waals surface area contributed by atoms with E-state index < -0.39 is 76.6 Å². The molecule has 2 aromatic rings. The van der Waals surface area contributed by atoms with E-state index in [0.29, 0.717) is 0 Å². The van der Waals surface area contributed by atoms with E-state index in [1.165, 1.54) is 25.3 Å². The fraction of sp³-hybridized carbons (Fsp3) is 0.423. The Hall–Kier alpha value is -3.35. The van der Waals surface area contributed by atoms with Gasteiger partial charge in [-0.05, 0) is 13.0 Å². The molecule has 0 bridgehead atoms. The van der Waals surface area contributed by atoms with E-state index >= 15 is 0 Å². The summed E-state index contributed by atoms with van der Waals surface area (Å²) in [5.74, 6) is -3.30. The Morgan fingerprint density at radius 3 is 2.41 bits per heavy atom. The summed E-state index contributed by atoms with van der Waals surface area (Å²) in [5.41, 5.74) is -3.20. The summed E-state index contributed by atoms with van der Waals surface area (Å²) in [6.45, 7) is 0.916. The van der Waals surface area contributed by atoms with E-state index in [1.807, 2.05) is 0 Å². The molecule has 1 saturated heterocycles. The van der Waals surface area contributed by atoms with E-state index in [2.05, 4.69) is 0 Å².